The molecule has 23 heavy (non-hydrogen) atoms. The van der Waals surface area contributed by atoms with Gasteiger partial charge in [0.1, 0.15) is 5.75 Å². The maximum absolute atomic E-state index is 11.6. The summed E-state index contributed by atoms with van der Waals surface area (Å²) in [6, 6.07) is 12.1. The Kier molecular flexibility index (Phi) is 4.39. The summed E-state index contributed by atoms with van der Waals surface area (Å²) in [5.74, 6) is 0.653. The number of carbonyl (C=O) groups is 1. The third kappa shape index (κ3) is 3.24. The van der Waals surface area contributed by atoms with E-state index in [0.717, 1.165) is 22.1 Å². The Hall–Kier alpha value is -2.66. The number of hydrogen-bond acceptors (Lipinski definition) is 4. The Morgan fingerprint density at radius 1 is 1.26 bits per heavy atom. The Bertz CT molecular complexity index is 839. The first-order valence-corrected chi connectivity index (χ1v) is 7.66. The molecule has 4 nitrogen and oxygen atoms in total. The fraction of sp³-hybridized carbons (Fsp3) is 0.111. The standard InChI is InChI=1S/C18H15NO3S/c1-2-21-15-11-10-12-6-3-4-7-13(12)14(15)8-5-9-16-17(20)19-18(23)22-16/h3-11H,2H2,1H3,(H,19,20,23). The van der Waals surface area contributed by atoms with E-state index in [4.69, 9.17) is 21.7 Å². The fourth-order valence-electron chi connectivity index (χ4n) is 2.40. The van der Waals surface area contributed by atoms with E-state index in [1.165, 1.54) is 0 Å². The second kappa shape index (κ2) is 6.62. The van der Waals surface area contributed by atoms with Crippen LogP contribution in [0.1, 0.15) is 12.5 Å². The van der Waals surface area contributed by atoms with E-state index in [1.54, 1.807) is 12.2 Å². The lowest BCUT2D eigenvalue weighted by molar-refractivity contribution is -0.116. The maximum Gasteiger partial charge on any atom is 0.294 e. The van der Waals surface area contributed by atoms with Crippen LogP contribution in [0.2, 0.25) is 0 Å². The molecule has 5 heteroatoms. The third-order valence-corrected chi connectivity index (χ3v) is 3.57. The maximum atomic E-state index is 11.6. The van der Waals surface area contributed by atoms with Gasteiger partial charge in [0.2, 0.25) is 0 Å². The zero-order valence-corrected chi connectivity index (χ0v) is 13.4. The van der Waals surface area contributed by atoms with Gasteiger partial charge in [-0.3, -0.25) is 10.1 Å². The zero-order valence-electron chi connectivity index (χ0n) is 12.5. The summed E-state index contributed by atoms with van der Waals surface area (Å²) in [7, 11) is 0. The second-order valence-corrected chi connectivity index (χ2v) is 5.24. The summed E-state index contributed by atoms with van der Waals surface area (Å²) in [6.07, 6.45) is 5.25. The summed E-state index contributed by atoms with van der Waals surface area (Å²) in [6.45, 7) is 2.53. The van der Waals surface area contributed by atoms with Crippen LogP contribution in [0.25, 0.3) is 16.8 Å². The molecule has 0 atom stereocenters. The van der Waals surface area contributed by atoms with E-state index >= 15 is 0 Å². The highest BCUT2D eigenvalue weighted by molar-refractivity contribution is 7.80. The van der Waals surface area contributed by atoms with E-state index < -0.39 is 0 Å². The smallest absolute Gasteiger partial charge is 0.294 e. The molecular formula is C18H15NO3S. The molecule has 0 aromatic heterocycles. The number of nitrogens with one attached hydrogen (secondary N) is 1. The number of hydrogen-bond donors (Lipinski definition) is 1. The van der Waals surface area contributed by atoms with E-state index in [-0.39, 0.29) is 16.8 Å². The number of benzene rings is 2. The quantitative estimate of drug-likeness (QED) is 0.690. The van der Waals surface area contributed by atoms with Crippen LogP contribution < -0.4 is 10.1 Å². The lowest BCUT2D eigenvalue weighted by atomic mass is 10.0. The number of rotatable bonds is 4. The molecule has 2 aromatic rings. The van der Waals surface area contributed by atoms with Gasteiger partial charge in [-0.25, -0.2) is 0 Å². The SMILES string of the molecule is CCOc1ccc2ccccc2c1C=CC=C1OC(=S)NC1=O. The highest BCUT2D eigenvalue weighted by atomic mass is 32.1. The van der Waals surface area contributed by atoms with Crippen molar-refractivity contribution in [3.63, 3.8) is 0 Å². The Balaban J connectivity index is 1.99. The van der Waals surface area contributed by atoms with Crippen molar-refractivity contribution in [2.24, 2.45) is 0 Å². The van der Waals surface area contributed by atoms with Crippen LogP contribution in [0.3, 0.4) is 0 Å². The van der Waals surface area contributed by atoms with Crippen molar-refractivity contribution in [1.29, 1.82) is 0 Å². The van der Waals surface area contributed by atoms with Crippen LogP contribution in [-0.4, -0.2) is 17.7 Å². The number of amides is 1. The molecule has 0 bridgehead atoms. The molecular weight excluding hydrogens is 310 g/mol. The molecule has 1 aliphatic rings. The normalized spacial score (nSPS) is 16.1. The van der Waals surface area contributed by atoms with Crippen molar-refractivity contribution in [3.05, 3.63) is 59.9 Å². The predicted molar refractivity (Wildman–Crippen MR) is 94.1 cm³/mol. The van der Waals surface area contributed by atoms with Crippen molar-refractivity contribution < 1.29 is 14.3 Å². The molecule has 1 heterocycles. The average molecular weight is 325 g/mol. The van der Waals surface area contributed by atoms with Crippen LogP contribution in [0.5, 0.6) is 5.75 Å². The minimum Gasteiger partial charge on any atom is -0.493 e. The molecule has 2 aromatic carbocycles. The van der Waals surface area contributed by atoms with Gasteiger partial charge >= 0.3 is 0 Å². The van der Waals surface area contributed by atoms with Crippen molar-refractivity contribution in [2.75, 3.05) is 6.61 Å². The van der Waals surface area contributed by atoms with Gasteiger partial charge in [-0.2, -0.15) is 0 Å². The Labute approximate surface area is 139 Å². The molecule has 0 aliphatic carbocycles. The molecule has 0 saturated carbocycles. The van der Waals surface area contributed by atoms with E-state index in [9.17, 15) is 4.79 Å². The summed E-state index contributed by atoms with van der Waals surface area (Å²) < 4.78 is 10.8. The lowest BCUT2D eigenvalue weighted by Gasteiger charge is -2.10. The molecule has 0 radical (unpaired) electrons. The van der Waals surface area contributed by atoms with Gasteiger partial charge in [-0.05, 0) is 42.1 Å². The van der Waals surface area contributed by atoms with E-state index in [0.29, 0.717) is 6.61 Å². The summed E-state index contributed by atoms with van der Waals surface area (Å²) in [4.78, 5) is 11.6. The first-order valence-electron chi connectivity index (χ1n) is 7.25. The summed E-state index contributed by atoms with van der Waals surface area (Å²) in [5.41, 5.74) is 0.961. The number of fused-ring (bicyclic) bond motifs is 1. The first kappa shape index (κ1) is 15.2. The highest BCUT2D eigenvalue weighted by Gasteiger charge is 2.22. The minimum absolute atomic E-state index is 0.0785. The summed E-state index contributed by atoms with van der Waals surface area (Å²) >= 11 is 4.80. The number of thiocarbonyl (C=S) groups is 1. The van der Waals surface area contributed by atoms with E-state index in [2.05, 4.69) is 5.32 Å². The zero-order chi connectivity index (χ0) is 16.2. The van der Waals surface area contributed by atoms with Crippen LogP contribution in [0.4, 0.5) is 0 Å². The van der Waals surface area contributed by atoms with Crippen molar-refractivity contribution in [2.45, 2.75) is 6.92 Å². The molecule has 0 unspecified atom stereocenters. The second-order valence-electron chi connectivity index (χ2n) is 4.87. The van der Waals surface area contributed by atoms with Gasteiger partial charge in [0.25, 0.3) is 11.1 Å². The number of allylic oxidation sites excluding steroid dienone is 2. The molecule has 1 fully saturated rings. The molecule has 1 amide bonds. The van der Waals surface area contributed by atoms with E-state index in [1.807, 2.05) is 49.4 Å². The first-order chi connectivity index (χ1) is 11.2. The topological polar surface area (TPSA) is 47.6 Å². The highest BCUT2D eigenvalue weighted by Crippen LogP contribution is 2.29. The molecule has 1 aliphatic heterocycles. The molecule has 1 saturated heterocycles. The van der Waals surface area contributed by atoms with Gasteiger partial charge in [-0.1, -0.05) is 42.5 Å². The fourth-order valence-corrected chi connectivity index (χ4v) is 2.58. The monoisotopic (exact) mass is 325 g/mol. The van der Waals surface area contributed by atoms with Gasteiger partial charge in [0.15, 0.2) is 5.76 Å². The van der Waals surface area contributed by atoms with Crippen molar-refractivity contribution >= 4 is 40.1 Å². The number of ether oxygens (including phenoxy) is 2. The van der Waals surface area contributed by atoms with Crippen LogP contribution in [0, 0.1) is 0 Å². The van der Waals surface area contributed by atoms with Gasteiger partial charge in [0.05, 0.1) is 6.61 Å². The van der Waals surface area contributed by atoms with Crippen molar-refractivity contribution in [3.8, 4) is 5.75 Å². The largest absolute Gasteiger partial charge is 0.493 e. The van der Waals surface area contributed by atoms with Crippen LogP contribution in [0.15, 0.2) is 54.3 Å². The Morgan fingerprint density at radius 2 is 2.09 bits per heavy atom. The predicted octanol–water partition coefficient (Wildman–Crippen LogP) is 3.57. The molecule has 0 spiro atoms. The van der Waals surface area contributed by atoms with Gasteiger partial charge in [0, 0.05) is 5.56 Å². The van der Waals surface area contributed by atoms with Gasteiger partial charge in [-0.15, -0.1) is 0 Å². The van der Waals surface area contributed by atoms with Crippen LogP contribution >= 0.6 is 12.2 Å². The molecule has 3 rings (SSSR count). The average Bonchev–Trinajstić information content (AvgIpc) is 2.87. The van der Waals surface area contributed by atoms with Crippen LogP contribution in [-0.2, 0) is 9.53 Å². The lowest BCUT2D eigenvalue weighted by Crippen LogP contribution is -2.18. The minimum atomic E-state index is -0.331. The summed E-state index contributed by atoms with van der Waals surface area (Å²) in [5, 5.41) is 4.71. The van der Waals surface area contributed by atoms with Crippen molar-refractivity contribution in [1.82, 2.24) is 5.32 Å². The molecule has 116 valence electrons. The third-order valence-electron chi connectivity index (χ3n) is 3.38. The van der Waals surface area contributed by atoms with Gasteiger partial charge < -0.3 is 9.47 Å². The molecule has 1 N–H and O–H groups in total. The Morgan fingerprint density at radius 3 is 2.83 bits per heavy atom. The number of carbonyl (C=O) groups excluding carboxylic acids is 1.